The summed E-state index contributed by atoms with van der Waals surface area (Å²) in [6.45, 7) is 3.29. The maximum Gasteiger partial charge on any atom is 0.142 e. The molecule has 1 N–H and O–H groups in total. The van der Waals surface area contributed by atoms with Crippen molar-refractivity contribution in [3.63, 3.8) is 0 Å². The highest BCUT2D eigenvalue weighted by Crippen LogP contribution is 2.37. The highest BCUT2D eigenvalue weighted by Gasteiger charge is 2.36. The molecule has 2 heterocycles. The zero-order chi connectivity index (χ0) is 13.4. The second kappa shape index (κ2) is 5.28. The first kappa shape index (κ1) is 12.5. The predicted molar refractivity (Wildman–Crippen MR) is 81.3 cm³/mol. The summed E-state index contributed by atoms with van der Waals surface area (Å²) in [5, 5.41) is 3.51. The third-order valence-corrected chi connectivity index (χ3v) is 5.25. The van der Waals surface area contributed by atoms with E-state index in [1.54, 1.807) is 0 Å². The molecule has 1 aromatic rings. The largest absolute Gasteiger partial charge is 0.485 e. The molecule has 2 aliphatic heterocycles. The smallest absolute Gasteiger partial charge is 0.142 e. The van der Waals surface area contributed by atoms with Crippen LogP contribution in [0.5, 0.6) is 5.75 Å². The molecule has 3 atom stereocenters. The Hall–Kier alpha value is -1.22. The van der Waals surface area contributed by atoms with Crippen LogP contribution >= 0.6 is 0 Å². The van der Waals surface area contributed by atoms with E-state index in [2.05, 4.69) is 34.5 Å². The van der Waals surface area contributed by atoms with E-state index < -0.39 is 0 Å². The Bertz CT molecular complexity index is 476. The fourth-order valence-electron chi connectivity index (χ4n) is 4.31. The van der Waals surface area contributed by atoms with Crippen molar-refractivity contribution in [2.75, 3.05) is 25.0 Å². The van der Waals surface area contributed by atoms with Crippen molar-refractivity contribution in [1.29, 1.82) is 0 Å². The van der Waals surface area contributed by atoms with Crippen LogP contribution in [0.25, 0.3) is 0 Å². The van der Waals surface area contributed by atoms with Crippen molar-refractivity contribution in [3.05, 3.63) is 24.3 Å². The second-order valence-corrected chi connectivity index (χ2v) is 6.51. The van der Waals surface area contributed by atoms with Crippen molar-refractivity contribution >= 4 is 5.69 Å². The van der Waals surface area contributed by atoms with Gasteiger partial charge in [0, 0.05) is 12.6 Å². The van der Waals surface area contributed by atoms with Gasteiger partial charge in [-0.1, -0.05) is 18.6 Å². The highest BCUT2D eigenvalue weighted by molar-refractivity contribution is 5.57. The molecule has 0 spiro atoms. The highest BCUT2D eigenvalue weighted by atomic mass is 16.5. The van der Waals surface area contributed by atoms with Crippen molar-refractivity contribution in [3.8, 4) is 5.75 Å². The molecule has 1 saturated heterocycles. The number of hydrogen-bond acceptors (Lipinski definition) is 3. The number of likely N-dealkylation sites (tertiary alicyclic amines) is 1. The van der Waals surface area contributed by atoms with Gasteiger partial charge in [0.05, 0.1) is 12.2 Å². The van der Waals surface area contributed by atoms with Gasteiger partial charge in [-0.3, -0.25) is 4.90 Å². The molecule has 1 saturated carbocycles. The molecule has 1 aliphatic carbocycles. The number of piperidine rings is 1. The van der Waals surface area contributed by atoms with Crippen LogP contribution in [0.15, 0.2) is 24.3 Å². The molecule has 2 fully saturated rings. The van der Waals surface area contributed by atoms with Gasteiger partial charge in [0.25, 0.3) is 0 Å². The molecule has 3 heteroatoms. The summed E-state index contributed by atoms with van der Waals surface area (Å²) in [6.07, 6.45) is 7.41. The van der Waals surface area contributed by atoms with Crippen molar-refractivity contribution in [1.82, 2.24) is 4.90 Å². The van der Waals surface area contributed by atoms with E-state index in [0.717, 1.165) is 36.5 Å². The fraction of sp³-hybridized carbons (Fsp3) is 0.647. The number of nitrogens with one attached hydrogen (secondary N) is 1. The van der Waals surface area contributed by atoms with Gasteiger partial charge in [-0.05, 0) is 50.3 Å². The zero-order valence-corrected chi connectivity index (χ0v) is 12.1. The van der Waals surface area contributed by atoms with Gasteiger partial charge in [0.15, 0.2) is 0 Å². The number of anilines is 1. The number of nitrogens with zero attached hydrogens (tertiary/aromatic N) is 1. The van der Waals surface area contributed by atoms with E-state index in [9.17, 15) is 0 Å². The van der Waals surface area contributed by atoms with Crippen LogP contribution in [-0.2, 0) is 0 Å². The number of benzene rings is 1. The Morgan fingerprint density at radius 2 is 2.05 bits per heavy atom. The van der Waals surface area contributed by atoms with Crippen molar-refractivity contribution in [2.24, 2.45) is 5.92 Å². The fourth-order valence-corrected chi connectivity index (χ4v) is 4.31. The Balaban J connectivity index is 1.42. The molecule has 0 aromatic heterocycles. The van der Waals surface area contributed by atoms with E-state index >= 15 is 0 Å². The van der Waals surface area contributed by atoms with E-state index in [1.807, 2.05) is 0 Å². The van der Waals surface area contributed by atoms with Crippen LogP contribution in [-0.4, -0.2) is 36.7 Å². The van der Waals surface area contributed by atoms with E-state index in [-0.39, 0.29) is 0 Å². The molecule has 3 nitrogen and oxygen atoms in total. The Kier molecular flexibility index (Phi) is 3.31. The molecule has 0 bridgehead atoms. The zero-order valence-electron chi connectivity index (χ0n) is 12.1. The van der Waals surface area contributed by atoms with E-state index in [0.29, 0.717) is 6.10 Å². The van der Waals surface area contributed by atoms with Gasteiger partial charge < -0.3 is 10.1 Å². The summed E-state index contributed by atoms with van der Waals surface area (Å²) in [4.78, 5) is 2.71. The average Bonchev–Trinajstić information content (AvgIpc) is 2.97. The number of rotatable bonds is 2. The Morgan fingerprint density at radius 1 is 1.15 bits per heavy atom. The molecule has 20 heavy (non-hydrogen) atoms. The third kappa shape index (κ3) is 2.28. The van der Waals surface area contributed by atoms with Crippen LogP contribution in [0, 0.1) is 5.92 Å². The Morgan fingerprint density at radius 3 is 3.05 bits per heavy atom. The molecule has 1 aromatic carbocycles. The SMILES string of the molecule is c1ccc2c(c1)NCC(CN1CCCC3CCCC31)O2. The summed E-state index contributed by atoms with van der Waals surface area (Å²) in [5.41, 5.74) is 1.14. The normalized spacial score (nSPS) is 32.9. The van der Waals surface area contributed by atoms with Gasteiger partial charge in [-0.25, -0.2) is 0 Å². The lowest BCUT2D eigenvalue weighted by Gasteiger charge is -2.40. The standard InChI is InChI=1S/C17H24N2O/c1-2-9-17-15(7-1)18-11-14(20-17)12-19-10-4-6-13-5-3-8-16(13)19/h1-2,7,9,13-14,16,18H,3-6,8,10-12H2. The minimum atomic E-state index is 0.296. The third-order valence-electron chi connectivity index (χ3n) is 5.25. The first-order valence-electron chi connectivity index (χ1n) is 8.14. The summed E-state index contributed by atoms with van der Waals surface area (Å²) in [6, 6.07) is 9.12. The maximum absolute atomic E-state index is 6.18. The van der Waals surface area contributed by atoms with E-state index in [1.165, 1.54) is 38.6 Å². The lowest BCUT2D eigenvalue weighted by atomic mass is 9.91. The molecule has 0 amide bonds. The van der Waals surface area contributed by atoms with Crippen LogP contribution < -0.4 is 10.1 Å². The quantitative estimate of drug-likeness (QED) is 0.895. The molecule has 0 radical (unpaired) electrons. The lowest BCUT2D eigenvalue weighted by molar-refractivity contribution is 0.0637. The lowest BCUT2D eigenvalue weighted by Crippen LogP contribution is -2.49. The van der Waals surface area contributed by atoms with Crippen molar-refractivity contribution < 1.29 is 4.74 Å². The van der Waals surface area contributed by atoms with Crippen LogP contribution in [0.3, 0.4) is 0 Å². The number of fused-ring (bicyclic) bond motifs is 2. The number of ether oxygens (including phenoxy) is 1. The number of para-hydroxylation sites is 2. The molecular formula is C17H24N2O. The van der Waals surface area contributed by atoms with E-state index in [4.69, 9.17) is 4.74 Å². The Labute approximate surface area is 121 Å². The van der Waals surface area contributed by atoms with Gasteiger partial charge in [-0.2, -0.15) is 0 Å². The minimum Gasteiger partial charge on any atom is -0.485 e. The van der Waals surface area contributed by atoms with Crippen LogP contribution in [0.2, 0.25) is 0 Å². The van der Waals surface area contributed by atoms with Crippen molar-refractivity contribution in [2.45, 2.75) is 44.2 Å². The average molecular weight is 272 g/mol. The summed E-state index contributed by atoms with van der Waals surface area (Å²) in [7, 11) is 0. The molecule has 3 unspecified atom stereocenters. The van der Waals surface area contributed by atoms with Gasteiger partial charge in [-0.15, -0.1) is 0 Å². The maximum atomic E-state index is 6.18. The van der Waals surface area contributed by atoms with Crippen LogP contribution in [0.4, 0.5) is 5.69 Å². The summed E-state index contributed by atoms with van der Waals surface area (Å²) < 4.78 is 6.18. The van der Waals surface area contributed by atoms with Crippen LogP contribution in [0.1, 0.15) is 32.1 Å². The monoisotopic (exact) mass is 272 g/mol. The first-order chi connectivity index (χ1) is 9.90. The summed E-state index contributed by atoms with van der Waals surface area (Å²) in [5.74, 6) is 1.98. The first-order valence-corrected chi connectivity index (χ1v) is 8.14. The predicted octanol–water partition coefficient (Wildman–Crippen LogP) is 3.12. The molecule has 108 valence electrons. The summed E-state index contributed by atoms with van der Waals surface area (Å²) >= 11 is 0. The van der Waals surface area contributed by atoms with Gasteiger partial charge in [0.2, 0.25) is 0 Å². The molecule has 4 rings (SSSR count). The van der Waals surface area contributed by atoms with Gasteiger partial charge in [0.1, 0.15) is 11.9 Å². The minimum absolute atomic E-state index is 0.296. The van der Waals surface area contributed by atoms with Gasteiger partial charge >= 0.3 is 0 Å². The number of hydrogen-bond donors (Lipinski definition) is 1. The second-order valence-electron chi connectivity index (χ2n) is 6.51. The molecular weight excluding hydrogens is 248 g/mol. The molecule has 3 aliphatic rings. The topological polar surface area (TPSA) is 24.5 Å².